The number of fused-ring (bicyclic) bond motifs is 2. The number of aryl methyl sites for hydroxylation is 1. The summed E-state index contributed by atoms with van der Waals surface area (Å²) in [5.74, 6) is -2.09. The lowest BCUT2D eigenvalue weighted by Crippen LogP contribution is -2.30. The molecule has 0 unspecified atom stereocenters. The van der Waals surface area contributed by atoms with Crippen LogP contribution in [-0.4, -0.2) is 34.0 Å². The lowest BCUT2D eigenvalue weighted by molar-refractivity contribution is 0.572. The second-order valence-corrected chi connectivity index (χ2v) is 12.7. The van der Waals surface area contributed by atoms with Crippen molar-refractivity contribution in [2.24, 2.45) is 12.8 Å². The highest BCUT2D eigenvalue weighted by molar-refractivity contribution is 7.92. The van der Waals surface area contributed by atoms with Crippen molar-refractivity contribution in [2.75, 3.05) is 11.0 Å². The lowest BCUT2D eigenvalue weighted by atomic mass is 10.0. The summed E-state index contributed by atoms with van der Waals surface area (Å²) in [5, 5.41) is 4.83. The summed E-state index contributed by atoms with van der Waals surface area (Å²) in [6.07, 6.45) is 0.855. The molecule has 2 heterocycles. The van der Waals surface area contributed by atoms with E-state index >= 15 is 0 Å². The Kier molecular flexibility index (Phi) is 7.63. The van der Waals surface area contributed by atoms with E-state index in [-0.39, 0.29) is 56.1 Å². The zero-order valence-electron chi connectivity index (χ0n) is 23.7. The molecule has 230 valence electrons. The van der Waals surface area contributed by atoms with Crippen molar-refractivity contribution in [3.05, 3.63) is 117 Å². The number of nitrogens with two attached hydrogens (primary N) is 1. The van der Waals surface area contributed by atoms with Crippen molar-refractivity contribution in [1.29, 1.82) is 0 Å². The molecular formula is C31H24ClF3N6O3S. The quantitative estimate of drug-likeness (QED) is 0.231. The maximum Gasteiger partial charge on any atom is 0.266 e. The third-order valence-corrected chi connectivity index (χ3v) is 8.11. The molecule has 2 aromatic heterocycles. The van der Waals surface area contributed by atoms with E-state index in [9.17, 15) is 26.4 Å². The summed E-state index contributed by atoms with van der Waals surface area (Å²) in [4.78, 5) is 19.1. The number of nitrogens with one attached hydrogen (secondary N) is 1. The van der Waals surface area contributed by atoms with Gasteiger partial charge >= 0.3 is 0 Å². The minimum absolute atomic E-state index is 0.0188. The van der Waals surface area contributed by atoms with Gasteiger partial charge in [-0.2, -0.15) is 5.10 Å². The summed E-state index contributed by atoms with van der Waals surface area (Å²) in [5.41, 5.74) is 7.78. The Hall–Kier alpha value is -4.72. The first-order valence-electron chi connectivity index (χ1n) is 13.5. The number of sulfonamides is 1. The number of nitrogens with zero attached hydrogens (tertiary/aromatic N) is 4. The molecule has 0 aliphatic carbocycles. The fourth-order valence-corrected chi connectivity index (χ4v) is 6.14. The van der Waals surface area contributed by atoms with Gasteiger partial charge in [-0.25, -0.2) is 26.6 Å². The molecule has 1 atom stereocenters. The van der Waals surface area contributed by atoms with Gasteiger partial charge in [-0.05, 0) is 60.0 Å². The molecule has 0 radical (unpaired) electrons. The number of aromatic nitrogens is 4. The topological polar surface area (TPSA) is 125 Å². The van der Waals surface area contributed by atoms with Crippen molar-refractivity contribution < 1.29 is 21.6 Å². The fraction of sp³-hybridized carbons (Fsp3) is 0.129. The van der Waals surface area contributed by atoms with Gasteiger partial charge in [0, 0.05) is 18.7 Å². The van der Waals surface area contributed by atoms with Crippen LogP contribution >= 0.6 is 11.6 Å². The molecule has 6 aromatic rings. The minimum Gasteiger partial charge on any atom is -0.321 e. The smallest absolute Gasteiger partial charge is 0.266 e. The van der Waals surface area contributed by atoms with Crippen molar-refractivity contribution in [3.8, 4) is 16.8 Å². The van der Waals surface area contributed by atoms with Crippen LogP contribution in [-0.2, 0) is 23.5 Å². The Balaban J connectivity index is 1.63. The van der Waals surface area contributed by atoms with Gasteiger partial charge in [-0.1, -0.05) is 35.9 Å². The Labute approximate surface area is 259 Å². The molecule has 0 spiro atoms. The van der Waals surface area contributed by atoms with Gasteiger partial charge in [0.05, 0.1) is 44.8 Å². The van der Waals surface area contributed by atoms with Gasteiger partial charge in [0.25, 0.3) is 5.56 Å². The molecule has 4 aromatic carbocycles. The van der Waals surface area contributed by atoms with E-state index in [1.54, 1.807) is 37.4 Å². The highest BCUT2D eigenvalue weighted by atomic mass is 35.5. The largest absolute Gasteiger partial charge is 0.321 e. The number of hydrogen-bond acceptors (Lipinski definition) is 6. The number of halogens is 4. The molecule has 0 fully saturated rings. The Morgan fingerprint density at radius 1 is 1.00 bits per heavy atom. The van der Waals surface area contributed by atoms with Gasteiger partial charge in [-0.15, -0.1) is 0 Å². The second kappa shape index (κ2) is 11.3. The van der Waals surface area contributed by atoms with Crippen molar-refractivity contribution in [1.82, 2.24) is 19.3 Å². The van der Waals surface area contributed by atoms with Crippen LogP contribution in [0.3, 0.4) is 0 Å². The van der Waals surface area contributed by atoms with E-state index < -0.39 is 39.1 Å². The molecule has 14 heteroatoms. The van der Waals surface area contributed by atoms with E-state index in [2.05, 4.69) is 9.82 Å². The molecule has 3 N–H and O–H groups in total. The average molecular weight is 653 g/mol. The molecule has 0 aliphatic heterocycles. The summed E-state index contributed by atoms with van der Waals surface area (Å²) >= 11 is 6.51. The third kappa shape index (κ3) is 5.77. The second-order valence-electron chi connectivity index (χ2n) is 10.5. The van der Waals surface area contributed by atoms with E-state index in [0.29, 0.717) is 11.1 Å². The highest BCUT2D eigenvalue weighted by Crippen LogP contribution is 2.35. The van der Waals surface area contributed by atoms with E-state index in [1.807, 2.05) is 0 Å². The first-order valence-corrected chi connectivity index (χ1v) is 15.7. The van der Waals surface area contributed by atoms with Gasteiger partial charge < -0.3 is 5.73 Å². The van der Waals surface area contributed by atoms with Crippen LogP contribution in [0.2, 0.25) is 5.02 Å². The molecule has 0 saturated heterocycles. The van der Waals surface area contributed by atoms with E-state index in [0.717, 1.165) is 24.5 Å². The maximum absolute atomic E-state index is 14.6. The SMILES string of the molecule is Cn1nc(NS(C)(=O)=O)c2c(Cl)ccc(-n3c([C@@H](N)Cc4cc(F)cc(F)c4)nc4cc(-c5ccccc5F)ccc4c3=O)c21. The number of hydrogen-bond donors (Lipinski definition) is 2. The standard InChI is InChI=1S/C31H24ClF3N6O3S/c1-40-28-26(10-9-22(32)27(28)29(38-40)39-45(2,43)44)41-30(24(36)13-16-11-18(33)15-19(34)12-16)37-25-14-17(7-8-21(25)31(41)42)20-5-3-4-6-23(20)35/h3-12,14-15,24H,13,36H2,1-2H3,(H,38,39)/t24-/m0/s1. The van der Waals surface area contributed by atoms with Gasteiger partial charge in [-0.3, -0.25) is 18.8 Å². The average Bonchev–Trinajstić information content (AvgIpc) is 3.28. The third-order valence-electron chi connectivity index (χ3n) is 7.23. The molecular weight excluding hydrogens is 629 g/mol. The van der Waals surface area contributed by atoms with Gasteiger partial charge in [0.1, 0.15) is 23.3 Å². The monoisotopic (exact) mass is 652 g/mol. The predicted octanol–water partition coefficient (Wildman–Crippen LogP) is 5.62. The Morgan fingerprint density at radius 3 is 2.40 bits per heavy atom. The zero-order chi connectivity index (χ0) is 32.2. The fourth-order valence-electron chi connectivity index (χ4n) is 5.41. The van der Waals surface area contributed by atoms with E-state index in [4.69, 9.17) is 22.3 Å². The first-order chi connectivity index (χ1) is 21.3. The normalized spacial score (nSPS) is 12.6. The van der Waals surface area contributed by atoms with Crippen LogP contribution in [0.25, 0.3) is 38.6 Å². The summed E-state index contributed by atoms with van der Waals surface area (Å²) in [6, 6.07) is 15.8. The molecule has 6 rings (SSSR count). The maximum atomic E-state index is 14.6. The van der Waals surface area contributed by atoms with Crippen LogP contribution in [0.4, 0.5) is 19.0 Å². The minimum atomic E-state index is -3.75. The highest BCUT2D eigenvalue weighted by Gasteiger charge is 2.25. The predicted molar refractivity (Wildman–Crippen MR) is 167 cm³/mol. The first kappa shape index (κ1) is 30.3. The molecule has 0 aliphatic rings. The van der Waals surface area contributed by atoms with Crippen molar-refractivity contribution in [2.45, 2.75) is 12.5 Å². The Bertz CT molecular complexity index is 2300. The molecule has 9 nitrogen and oxygen atoms in total. The van der Waals surface area contributed by atoms with Crippen LogP contribution in [0.1, 0.15) is 17.4 Å². The summed E-state index contributed by atoms with van der Waals surface area (Å²) in [7, 11) is -2.21. The summed E-state index contributed by atoms with van der Waals surface area (Å²) in [6.45, 7) is 0. The molecule has 0 saturated carbocycles. The van der Waals surface area contributed by atoms with Crippen LogP contribution in [0.15, 0.2) is 77.6 Å². The molecule has 0 amide bonds. The van der Waals surface area contributed by atoms with Crippen LogP contribution in [0.5, 0.6) is 0 Å². The van der Waals surface area contributed by atoms with Crippen molar-refractivity contribution in [3.63, 3.8) is 0 Å². The van der Waals surface area contributed by atoms with E-state index in [1.165, 1.54) is 33.5 Å². The molecule has 45 heavy (non-hydrogen) atoms. The Morgan fingerprint density at radius 2 is 1.71 bits per heavy atom. The molecule has 0 bridgehead atoms. The van der Waals surface area contributed by atoms with Gasteiger partial charge in [0.2, 0.25) is 10.0 Å². The summed E-state index contributed by atoms with van der Waals surface area (Å²) < 4.78 is 71.9. The van der Waals surface area contributed by atoms with Crippen LogP contribution in [0, 0.1) is 17.5 Å². The lowest BCUT2D eigenvalue weighted by Gasteiger charge is -2.20. The number of benzene rings is 4. The number of rotatable bonds is 7. The zero-order valence-corrected chi connectivity index (χ0v) is 25.3. The number of anilines is 1. The van der Waals surface area contributed by atoms with Gasteiger partial charge in [0.15, 0.2) is 5.82 Å². The van der Waals surface area contributed by atoms with Crippen LogP contribution < -0.4 is 16.0 Å². The van der Waals surface area contributed by atoms with Crippen molar-refractivity contribution >= 4 is 49.2 Å².